The maximum atomic E-state index is 5.15. The van der Waals surface area contributed by atoms with Crippen LogP contribution < -0.4 is 0 Å². The lowest BCUT2D eigenvalue weighted by molar-refractivity contribution is 0.303. The van der Waals surface area contributed by atoms with Gasteiger partial charge in [-0.3, -0.25) is 0 Å². The van der Waals surface area contributed by atoms with Crippen LogP contribution in [0.1, 0.15) is 5.89 Å². The Morgan fingerprint density at radius 1 is 1.25 bits per heavy atom. The van der Waals surface area contributed by atoms with E-state index >= 15 is 0 Å². The fraction of sp³-hybridized carbons (Fsp3) is 0.273. The van der Waals surface area contributed by atoms with E-state index < -0.39 is 0 Å². The predicted octanol–water partition coefficient (Wildman–Crippen LogP) is 2.56. The number of hydrogen-bond donors (Lipinski definition) is 0. The average Bonchev–Trinajstić information content (AvgIpc) is 2.66. The molecule has 2 aromatic rings. The first-order chi connectivity index (χ1) is 7.65. The molecule has 84 valence electrons. The molecule has 0 aliphatic heterocycles. The van der Waals surface area contributed by atoms with E-state index in [-0.39, 0.29) is 0 Å². The van der Waals surface area contributed by atoms with Crippen LogP contribution in [-0.2, 0) is 6.54 Å². The van der Waals surface area contributed by atoms with Crippen LogP contribution in [0.15, 0.2) is 33.3 Å². The maximum Gasteiger partial charge on any atom is 0.241 e. The van der Waals surface area contributed by atoms with Crippen molar-refractivity contribution >= 4 is 15.9 Å². The average molecular weight is 282 g/mol. The zero-order valence-corrected chi connectivity index (χ0v) is 10.7. The molecule has 0 spiro atoms. The van der Waals surface area contributed by atoms with Crippen molar-refractivity contribution in [3.05, 3.63) is 34.6 Å². The summed E-state index contributed by atoms with van der Waals surface area (Å²) in [6, 6.07) is 7.82. The van der Waals surface area contributed by atoms with Crippen LogP contribution in [0.2, 0.25) is 0 Å². The summed E-state index contributed by atoms with van der Waals surface area (Å²) in [6.07, 6.45) is 0. The van der Waals surface area contributed by atoms with Crippen LogP contribution in [0.25, 0.3) is 11.4 Å². The molecule has 0 amide bonds. The van der Waals surface area contributed by atoms with E-state index in [4.69, 9.17) is 4.52 Å². The molecule has 0 aliphatic carbocycles. The van der Waals surface area contributed by atoms with Crippen LogP contribution in [-0.4, -0.2) is 29.1 Å². The van der Waals surface area contributed by atoms with Gasteiger partial charge in [0.1, 0.15) is 0 Å². The highest BCUT2D eigenvalue weighted by atomic mass is 79.9. The van der Waals surface area contributed by atoms with Crippen molar-refractivity contribution in [1.82, 2.24) is 15.0 Å². The largest absolute Gasteiger partial charge is 0.338 e. The zero-order chi connectivity index (χ0) is 11.5. The number of hydrogen-bond acceptors (Lipinski definition) is 4. The monoisotopic (exact) mass is 281 g/mol. The highest BCUT2D eigenvalue weighted by molar-refractivity contribution is 9.10. The van der Waals surface area contributed by atoms with E-state index in [1.807, 2.05) is 43.3 Å². The van der Waals surface area contributed by atoms with Gasteiger partial charge >= 0.3 is 0 Å². The van der Waals surface area contributed by atoms with Gasteiger partial charge in [-0.05, 0) is 38.4 Å². The van der Waals surface area contributed by atoms with Crippen molar-refractivity contribution in [3.8, 4) is 11.4 Å². The first-order valence-electron chi connectivity index (χ1n) is 4.88. The van der Waals surface area contributed by atoms with E-state index in [1.54, 1.807) is 0 Å². The normalized spacial score (nSPS) is 11.0. The Kier molecular flexibility index (Phi) is 3.36. The van der Waals surface area contributed by atoms with E-state index in [0.717, 1.165) is 10.0 Å². The molecule has 0 N–H and O–H groups in total. The summed E-state index contributed by atoms with van der Waals surface area (Å²) in [4.78, 5) is 6.30. The second kappa shape index (κ2) is 4.76. The molecular weight excluding hydrogens is 270 g/mol. The Balaban J connectivity index is 2.21. The van der Waals surface area contributed by atoms with Crippen molar-refractivity contribution < 1.29 is 4.52 Å². The Labute approximate surface area is 102 Å². The highest BCUT2D eigenvalue weighted by Crippen LogP contribution is 2.19. The van der Waals surface area contributed by atoms with Gasteiger partial charge in [0.15, 0.2) is 0 Å². The lowest BCUT2D eigenvalue weighted by Gasteiger charge is -2.02. The number of benzene rings is 1. The van der Waals surface area contributed by atoms with E-state index in [9.17, 15) is 0 Å². The quantitative estimate of drug-likeness (QED) is 0.867. The highest BCUT2D eigenvalue weighted by Gasteiger charge is 2.08. The molecule has 1 heterocycles. The van der Waals surface area contributed by atoms with Crippen LogP contribution in [0, 0.1) is 0 Å². The van der Waals surface area contributed by atoms with Crippen LogP contribution >= 0.6 is 15.9 Å². The Morgan fingerprint density at radius 2 is 1.94 bits per heavy atom. The third-order valence-electron chi connectivity index (χ3n) is 2.02. The van der Waals surface area contributed by atoms with Gasteiger partial charge in [-0.2, -0.15) is 4.98 Å². The molecule has 1 aromatic heterocycles. The van der Waals surface area contributed by atoms with Crippen LogP contribution in [0.3, 0.4) is 0 Å². The molecular formula is C11H12BrN3O. The Morgan fingerprint density at radius 3 is 2.56 bits per heavy atom. The third-order valence-corrected chi connectivity index (χ3v) is 2.55. The summed E-state index contributed by atoms with van der Waals surface area (Å²) in [5.41, 5.74) is 0.956. The smallest absolute Gasteiger partial charge is 0.241 e. The molecule has 0 atom stereocenters. The van der Waals surface area contributed by atoms with Crippen molar-refractivity contribution in [2.24, 2.45) is 0 Å². The van der Waals surface area contributed by atoms with Gasteiger partial charge in [-0.25, -0.2) is 0 Å². The molecule has 0 bridgehead atoms. The van der Waals surface area contributed by atoms with Gasteiger partial charge in [-0.15, -0.1) is 0 Å². The van der Waals surface area contributed by atoms with Crippen molar-refractivity contribution in [3.63, 3.8) is 0 Å². The third kappa shape index (κ3) is 2.68. The molecule has 0 fully saturated rings. The first-order valence-corrected chi connectivity index (χ1v) is 5.68. The summed E-state index contributed by atoms with van der Waals surface area (Å²) in [6.45, 7) is 0.656. The maximum absolute atomic E-state index is 5.15. The molecule has 2 rings (SSSR count). The number of halogens is 1. The summed E-state index contributed by atoms with van der Waals surface area (Å²) in [5.74, 6) is 1.26. The van der Waals surface area contributed by atoms with Gasteiger partial charge in [-0.1, -0.05) is 21.1 Å². The molecule has 0 radical (unpaired) electrons. The number of aromatic nitrogens is 2. The Hall–Kier alpha value is -1.20. The van der Waals surface area contributed by atoms with Gasteiger partial charge in [0.05, 0.1) is 6.54 Å². The van der Waals surface area contributed by atoms with Crippen LogP contribution in [0.5, 0.6) is 0 Å². The molecule has 0 saturated heterocycles. The van der Waals surface area contributed by atoms with Gasteiger partial charge in [0.2, 0.25) is 11.7 Å². The van der Waals surface area contributed by atoms with E-state index in [1.165, 1.54) is 0 Å². The molecule has 0 saturated carbocycles. The second-order valence-corrected chi connectivity index (χ2v) is 4.67. The van der Waals surface area contributed by atoms with E-state index in [0.29, 0.717) is 18.3 Å². The van der Waals surface area contributed by atoms with Crippen molar-refractivity contribution in [2.75, 3.05) is 14.1 Å². The molecule has 0 aliphatic rings. The topological polar surface area (TPSA) is 42.2 Å². The number of nitrogens with zero attached hydrogens (tertiary/aromatic N) is 3. The van der Waals surface area contributed by atoms with E-state index in [2.05, 4.69) is 26.1 Å². The van der Waals surface area contributed by atoms with Crippen molar-refractivity contribution in [1.29, 1.82) is 0 Å². The zero-order valence-electron chi connectivity index (χ0n) is 9.14. The molecule has 0 unspecified atom stereocenters. The summed E-state index contributed by atoms with van der Waals surface area (Å²) in [5, 5.41) is 3.94. The predicted molar refractivity (Wildman–Crippen MR) is 64.8 cm³/mol. The minimum Gasteiger partial charge on any atom is -0.338 e. The lowest BCUT2D eigenvalue weighted by Crippen LogP contribution is -2.10. The lowest BCUT2D eigenvalue weighted by atomic mass is 10.2. The van der Waals surface area contributed by atoms with Crippen LogP contribution in [0.4, 0.5) is 0 Å². The van der Waals surface area contributed by atoms with Crippen molar-refractivity contribution in [2.45, 2.75) is 6.54 Å². The first kappa shape index (κ1) is 11.3. The fourth-order valence-corrected chi connectivity index (χ4v) is 1.57. The summed E-state index contributed by atoms with van der Waals surface area (Å²) in [7, 11) is 3.92. The fourth-order valence-electron chi connectivity index (χ4n) is 1.31. The van der Waals surface area contributed by atoms with Gasteiger partial charge in [0.25, 0.3) is 0 Å². The Bertz CT molecular complexity index is 464. The molecule has 16 heavy (non-hydrogen) atoms. The second-order valence-electron chi connectivity index (χ2n) is 3.76. The minimum absolute atomic E-state index is 0.628. The molecule has 4 nitrogen and oxygen atoms in total. The summed E-state index contributed by atoms with van der Waals surface area (Å²) >= 11 is 3.39. The SMILES string of the molecule is CN(C)Cc1nc(-c2ccc(Br)cc2)no1. The molecule has 1 aromatic carbocycles. The standard InChI is InChI=1S/C11H12BrN3O/c1-15(2)7-10-13-11(14-16-10)8-3-5-9(12)6-4-8/h3-6H,7H2,1-2H3. The summed E-state index contributed by atoms with van der Waals surface area (Å²) < 4.78 is 6.18. The van der Waals surface area contributed by atoms with Gasteiger partial charge in [0, 0.05) is 10.0 Å². The minimum atomic E-state index is 0.628. The molecule has 5 heteroatoms. The number of rotatable bonds is 3. The van der Waals surface area contributed by atoms with Gasteiger partial charge < -0.3 is 9.42 Å².